The number of fused-ring (bicyclic) bond motifs is 1. The number of rotatable bonds is 8. The lowest BCUT2D eigenvalue weighted by atomic mass is 9.55. The molecule has 0 aromatic heterocycles. The van der Waals surface area contributed by atoms with Crippen molar-refractivity contribution in [3.05, 3.63) is 65.7 Å². The van der Waals surface area contributed by atoms with Crippen LogP contribution in [0.4, 0.5) is 0 Å². The first kappa shape index (κ1) is 27.3. The van der Waals surface area contributed by atoms with Crippen molar-refractivity contribution in [3.8, 4) is 11.5 Å². The number of benzene rings is 2. The summed E-state index contributed by atoms with van der Waals surface area (Å²) in [6.45, 7) is 4.11. The molecular formula is C32H40N2O5. The second-order valence-corrected chi connectivity index (χ2v) is 11.6. The number of phenolic OH excluding ortho intramolecular Hbond substituents is 1. The number of nitrogens with zero attached hydrogens (tertiary/aromatic N) is 2. The zero-order valence-corrected chi connectivity index (χ0v) is 23.3. The highest BCUT2D eigenvalue weighted by Gasteiger charge is 2.61. The number of aromatic hydroxyl groups is 1. The van der Waals surface area contributed by atoms with Crippen LogP contribution in [-0.4, -0.2) is 72.2 Å². The van der Waals surface area contributed by atoms with E-state index in [1.165, 1.54) is 19.8 Å². The lowest BCUT2D eigenvalue weighted by Crippen LogP contribution is -2.68. The van der Waals surface area contributed by atoms with Crippen molar-refractivity contribution in [2.24, 2.45) is 5.92 Å². The summed E-state index contributed by atoms with van der Waals surface area (Å²) in [7, 11) is 3.49. The molecule has 2 saturated carbocycles. The van der Waals surface area contributed by atoms with Crippen molar-refractivity contribution in [3.63, 3.8) is 0 Å². The molecule has 0 radical (unpaired) electrons. The smallest absolute Gasteiger partial charge is 0.303 e. The first-order chi connectivity index (χ1) is 18.7. The maximum Gasteiger partial charge on any atom is 0.303 e. The van der Waals surface area contributed by atoms with Crippen LogP contribution in [0.2, 0.25) is 0 Å². The van der Waals surface area contributed by atoms with E-state index in [2.05, 4.69) is 4.90 Å². The van der Waals surface area contributed by atoms with Crippen molar-refractivity contribution in [2.45, 2.75) is 62.5 Å². The van der Waals surface area contributed by atoms with E-state index in [4.69, 9.17) is 9.47 Å². The van der Waals surface area contributed by atoms with Gasteiger partial charge in [-0.25, -0.2) is 0 Å². The summed E-state index contributed by atoms with van der Waals surface area (Å²) in [5.74, 6) is 1.33. The Balaban J connectivity index is 1.44. The zero-order valence-electron chi connectivity index (χ0n) is 23.3. The van der Waals surface area contributed by atoms with Gasteiger partial charge >= 0.3 is 5.97 Å². The van der Waals surface area contributed by atoms with Gasteiger partial charge in [-0.1, -0.05) is 24.3 Å². The molecule has 39 heavy (non-hydrogen) atoms. The molecule has 1 aliphatic heterocycles. The number of carbonyl (C=O) groups excluding carboxylic acids is 2. The first-order valence-corrected chi connectivity index (χ1v) is 14.0. The Morgan fingerprint density at radius 1 is 1.13 bits per heavy atom. The fraction of sp³-hybridized carbons (Fsp3) is 0.500. The van der Waals surface area contributed by atoms with E-state index < -0.39 is 11.0 Å². The summed E-state index contributed by atoms with van der Waals surface area (Å²) in [5.41, 5.74) is 0.655. The Hall–Kier alpha value is -3.32. The normalized spacial score (nSPS) is 27.1. The molecule has 2 aliphatic carbocycles. The fourth-order valence-electron chi connectivity index (χ4n) is 6.83. The van der Waals surface area contributed by atoms with Crippen LogP contribution >= 0.6 is 0 Å². The van der Waals surface area contributed by atoms with E-state index in [-0.39, 0.29) is 23.7 Å². The molecule has 1 saturated heterocycles. The van der Waals surface area contributed by atoms with E-state index in [9.17, 15) is 14.7 Å². The number of esters is 1. The number of methoxy groups -OCH3 is 1. The summed E-state index contributed by atoms with van der Waals surface area (Å²) in [6, 6.07) is 15.0. The zero-order chi connectivity index (χ0) is 27.6. The van der Waals surface area contributed by atoms with Gasteiger partial charge in [0.1, 0.15) is 17.1 Å². The topological polar surface area (TPSA) is 79.3 Å². The second-order valence-electron chi connectivity index (χ2n) is 11.6. The van der Waals surface area contributed by atoms with Crippen molar-refractivity contribution < 1.29 is 24.2 Å². The third-order valence-corrected chi connectivity index (χ3v) is 9.03. The highest BCUT2D eigenvalue weighted by molar-refractivity contribution is 5.91. The molecule has 3 aliphatic rings. The predicted octanol–water partition coefficient (Wildman–Crippen LogP) is 4.78. The quantitative estimate of drug-likeness (QED) is 0.389. The first-order valence-electron chi connectivity index (χ1n) is 14.0. The molecule has 1 heterocycles. The molecule has 2 aromatic carbocycles. The fourth-order valence-corrected chi connectivity index (χ4v) is 6.83. The maximum absolute atomic E-state index is 13.3. The SMILES string of the molecule is COc1cccc(C=CC(=O)N(C)[C@H]2CC[C@]3(OC(C)=O)CN(CC4CC4)CC[C@@]3(c3cccc(O)c3)C2)c1. The molecule has 0 spiro atoms. The highest BCUT2D eigenvalue weighted by atomic mass is 16.6. The van der Waals surface area contributed by atoms with E-state index >= 15 is 0 Å². The molecule has 7 nitrogen and oxygen atoms in total. The lowest BCUT2D eigenvalue weighted by Gasteiger charge is -2.60. The van der Waals surface area contributed by atoms with Crippen molar-refractivity contribution in [2.75, 3.05) is 33.8 Å². The minimum atomic E-state index is -0.712. The lowest BCUT2D eigenvalue weighted by molar-refractivity contribution is -0.190. The molecule has 0 bridgehead atoms. The molecule has 3 fully saturated rings. The third-order valence-electron chi connectivity index (χ3n) is 9.03. The van der Waals surface area contributed by atoms with Crippen LogP contribution in [-0.2, 0) is 19.7 Å². The number of likely N-dealkylation sites (tertiary alicyclic amines) is 1. The van der Waals surface area contributed by atoms with Gasteiger partial charge in [0.05, 0.1) is 7.11 Å². The van der Waals surface area contributed by atoms with Crippen LogP contribution < -0.4 is 4.74 Å². The molecule has 5 rings (SSSR count). The summed E-state index contributed by atoms with van der Waals surface area (Å²) in [5, 5.41) is 10.5. The number of phenols is 1. The Labute approximate surface area is 231 Å². The van der Waals surface area contributed by atoms with Gasteiger partial charge < -0.3 is 19.5 Å². The second kappa shape index (κ2) is 11.0. The molecule has 0 unspecified atom stereocenters. The van der Waals surface area contributed by atoms with Crippen LogP contribution in [0, 0.1) is 5.92 Å². The Morgan fingerprint density at radius 3 is 2.64 bits per heavy atom. The molecule has 1 amide bonds. The number of ether oxygens (including phenoxy) is 2. The van der Waals surface area contributed by atoms with Gasteiger partial charge in [-0.05, 0) is 92.5 Å². The van der Waals surface area contributed by atoms with E-state index in [0.29, 0.717) is 19.4 Å². The summed E-state index contributed by atoms with van der Waals surface area (Å²) in [4.78, 5) is 30.2. The largest absolute Gasteiger partial charge is 0.508 e. The third kappa shape index (κ3) is 5.69. The summed E-state index contributed by atoms with van der Waals surface area (Å²) in [6.07, 6.45) is 8.83. The van der Waals surface area contributed by atoms with Crippen LogP contribution in [0.15, 0.2) is 54.6 Å². The minimum Gasteiger partial charge on any atom is -0.508 e. The predicted molar refractivity (Wildman–Crippen MR) is 150 cm³/mol. The van der Waals surface area contributed by atoms with E-state index in [0.717, 1.165) is 48.7 Å². The number of amides is 1. The van der Waals surface area contributed by atoms with Gasteiger partial charge in [0, 0.05) is 44.6 Å². The van der Waals surface area contributed by atoms with Gasteiger partial charge in [0.15, 0.2) is 0 Å². The maximum atomic E-state index is 13.3. The van der Waals surface area contributed by atoms with Gasteiger partial charge in [0.25, 0.3) is 0 Å². The molecule has 7 heteroatoms. The van der Waals surface area contributed by atoms with Gasteiger partial charge in [-0.2, -0.15) is 0 Å². The number of piperidine rings is 1. The minimum absolute atomic E-state index is 0.0338. The van der Waals surface area contributed by atoms with Crippen molar-refractivity contribution in [1.82, 2.24) is 9.80 Å². The van der Waals surface area contributed by atoms with Crippen LogP contribution in [0.3, 0.4) is 0 Å². The molecule has 2 aromatic rings. The van der Waals surface area contributed by atoms with Gasteiger partial charge in [-0.15, -0.1) is 0 Å². The number of carbonyl (C=O) groups is 2. The average Bonchev–Trinajstić information content (AvgIpc) is 3.74. The number of likely N-dealkylation sites (N-methyl/N-ethyl adjacent to an activating group) is 1. The van der Waals surface area contributed by atoms with Crippen LogP contribution in [0.1, 0.15) is 56.6 Å². The summed E-state index contributed by atoms with van der Waals surface area (Å²) < 4.78 is 11.6. The van der Waals surface area contributed by atoms with E-state index in [1.54, 1.807) is 19.3 Å². The van der Waals surface area contributed by atoms with Crippen LogP contribution in [0.25, 0.3) is 6.08 Å². The molecule has 208 valence electrons. The number of hydrogen-bond acceptors (Lipinski definition) is 6. The van der Waals surface area contributed by atoms with Crippen molar-refractivity contribution in [1.29, 1.82) is 0 Å². The van der Waals surface area contributed by atoms with E-state index in [1.807, 2.05) is 60.5 Å². The monoisotopic (exact) mass is 532 g/mol. The molecule has 1 N–H and O–H groups in total. The van der Waals surface area contributed by atoms with Crippen molar-refractivity contribution >= 4 is 18.0 Å². The number of hydrogen-bond donors (Lipinski definition) is 1. The summed E-state index contributed by atoms with van der Waals surface area (Å²) >= 11 is 0. The molecule has 3 atom stereocenters. The highest BCUT2D eigenvalue weighted by Crippen LogP contribution is 2.55. The Morgan fingerprint density at radius 2 is 1.92 bits per heavy atom. The Bertz CT molecular complexity index is 1240. The standard InChI is InChI=1S/C32H40N2O5/c1-23(35)39-32-15-14-27(33(2)30(37)13-12-24-6-4-9-29(18-24)38-3)20-31(32,26-7-5-8-28(36)19-26)16-17-34(22-32)21-25-10-11-25/h4-9,12-13,18-19,25,27,36H,10-11,14-17,20-22H2,1-3H3/t27-,31-,32-/m0/s1. The molecular weight excluding hydrogens is 492 g/mol. The van der Waals surface area contributed by atoms with Crippen LogP contribution in [0.5, 0.6) is 11.5 Å². The van der Waals surface area contributed by atoms with Gasteiger partial charge in [0.2, 0.25) is 5.91 Å². The van der Waals surface area contributed by atoms with Gasteiger partial charge in [-0.3, -0.25) is 14.5 Å². The Kier molecular flexibility index (Phi) is 7.72. The average molecular weight is 533 g/mol.